The molecule has 2 nitrogen and oxygen atoms in total. The van der Waals surface area contributed by atoms with Crippen LogP contribution in [0.25, 0.3) is 22.3 Å². The number of benzene rings is 3. The summed E-state index contributed by atoms with van der Waals surface area (Å²) in [5.41, 5.74) is 3.60. The third kappa shape index (κ3) is 4.78. The normalized spacial score (nSPS) is 10.5. The lowest BCUT2D eigenvalue weighted by atomic mass is 9.93. The van der Waals surface area contributed by atoms with E-state index in [0.29, 0.717) is 11.1 Å². The highest BCUT2D eigenvalue weighted by Gasteiger charge is 2.12. The van der Waals surface area contributed by atoms with Gasteiger partial charge in [0.15, 0.2) is 0 Å². The van der Waals surface area contributed by atoms with Gasteiger partial charge in [0.2, 0.25) is 0 Å². The lowest BCUT2D eigenvalue weighted by Crippen LogP contribution is -1.97. The molecule has 3 aromatic rings. The molecule has 0 fully saturated rings. The summed E-state index contributed by atoms with van der Waals surface area (Å²) in [6, 6.07) is 22.0. The van der Waals surface area contributed by atoms with Crippen LogP contribution >= 0.6 is 0 Å². The van der Waals surface area contributed by atoms with Gasteiger partial charge in [-0.2, -0.15) is 5.26 Å². The molecule has 142 valence electrons. The van der Waals surface area contributed by atoms with Crippen molar-refractivity contribution in [3.05, 3.63) is 78.1 Å². The van der Waals surface area contributed by atoms with Crippen LogP contribution < -0.4 is 4.74 Å². The first-order valence-corrected chi connectivity index (χ1v) is 9.75. The fraction of sp³-hybridized carbons (Fsp3) is 0.240. The largest absolute Gasteiger partial charge is 0.494 e. The Bertz CT molecular complexity index is 940. The van der Waals surface area contributed by atoms with Crippen molar-refractivity contribution in [2.45, 2.75) is 32.6 Å². The standard InChI is InChI=1S/C25H24FNO/c1-2-3-4-5-17-28-22-15-13-20(14-16-22)23-7-6-8-24(26)25(23)21-11-9-19(18-27)10-12-21/h6-16H,2-5,17H2,1H3. The van der Waals surface area contributed by atoms with Crippen molar-refractivity contribution < 1.29 is 9.13 Å². The van der Waals surface area contributed by atoms with E-state index in [9.17, 15) is 4.39 Å². The van der Waals surface area contributed by atoms with E-state index in [2.05, 4.69) is 13.0 Å². The maximum absolute atomic E-state index is 14.7. The van der Waals surface area contributed by atoms with Crippen molar-refractivity contribution in [2.75, 3.05) is 6.61 Å². The Kier molecular flexibility index (Phi) is 6.81. The van der Waals surface area contributed by atoms with Crippen molar-refractivity contribution in [3.63, 3.8) is 0 Å². The average molecular weight is 373 g/mol. The number of halogens is 1. The SMILES string of the molecule is CCCCCCOc1ccc(-c2cccc(F)c2-c2ccc(C#N)cc2)cc1. The Hall–Kier alpha value is -3.12. The lowest BCUT2D eigenvalue weighted by Gasteiger charge is -2.12. The van der Waals surface area contributed by atoms with Crippen LogP contribution in [0, 0.1) is 17.1 Å². The maximum atomic E-state index is 14.7. The van der Waals surface area contributed by atoms with Gasteiger partial charge in [-0.1, -0.05) is 62.6 Å². The van der Waals surface area contributed by atoms with E-state index in [-0.39, 0.29) is 5.82 Å². The van der Waals surface area contributed by atoms with Crippen LogP contribution in [0.4, 0.5) is 4.39 Å². The number of rotatable bonds is 8. The van der Waals surface area contributed by atoms with E-state index in [1.54, 1.807) is 30.3 Å². The number of hydrogen-bond donors (Lipinski definition) is 0. The van der Waals surface area contributed by atoms with E-state index < -0.39 is 0 Å². The molecule has 0 aromatic heterocycles. The minimum atomic E-state index is -0.279. The topological polar surface area (TPSA) is 33.0 Å². The summed E-state index contributed by atoms with van der Waals surface area (Å²) in [6.07, 6.45) is 4.69. The molecule has 3 heteroatoms. The molecule has 0 aliphatic rings. The molecule has 0 unspecified atom stereocenters. The van der Waals surface area contributed by atoms with Gasteiger partial charge in [0.05, 0.1) is 18.2 Å². The predicted molar refractivity (Wildman–Crippen MR) is 112 cm³/mol. The van der Waals surface area contributed by atoms with Gasteiger partial charge < -0.3 is 4.74 Å². The third-order valence-corrected chi connectivity index (χ3v) is 4.75. The van der Waals surface area contributed by atoms with Crippen LogP contribution in [0.15, 0.2) is 66.7 Å². The van der Waals surface area contributed by atoms with E-state index >= 15 is 0 Å². The molecule has 0 saturated heterocycles. The highest BCUT2D eigenvalue weighted by Crippen LogP contribution is 2.35. The number of unbranched alkanes of at least 4 members (excludes halogenated alkanes) is 3. The van der Waals surface area contributed by atoms with Crippen LogP contribution in [-0.2, 0) is 0 Å². The Morgan fingerprint density at radius 1 is 0.857 bits per heavy atom. The van der Waals surface area contributed by atoms with Gasteiger partial charge in [-0.3, -0.25) is 0 Å². The molecule has 0 bridgehead atoms. The molecule has 0 atom stereocenters. The zero-order chi connectivity index (χ0) is 19.8. The molecular weight excluding hydrogens is 349 g/mol. The van der Waals surface area contributed by atoms with E-state index in [4.69, 9.17) is 10.00 Å². The van der Waals surface area contributed by atoms with Crippen molar-refractivity contribution in [1.29, 1.82) is 5.26 Å². The lowest BCUT2D eigenvalue weighted by molar-refractivity contribution is 0.305. The van der Waals surface area contributed by atoms with Gasteiger partial charge in [0.25, 0.3) is 0 Å². The summed E-state index contributed by atoms with van der Waals surface area (Å²) in [7, 11) is 0. The summed E-state index contributed by atoms with van der Waals surface area (Å²) in [6.45, 7) is 2.91. The Morgan fingerprint density at radius 3 is 2.25 bits per heavy atom. The van der Waals surface area contributed by atoms with Crippen LogP contribution in [0.3, 0.4) is 0 Å². The number of hydrogen-bond acceptors (Lipinski definition) is 2. The van der Waals surface area contributed by atoms with Crippen LogP contribution in [0.1, 0.15) is 38.2 Å². The van der Waals surface area contributed by atoms with Crippen molar-refractivity contribution in [3.8, 4) is 34.1 Å². The van der Waals surface area contributed by atoms with Gasteiger partial charge in [-0.25, -0.2) is 4.39 Å². The van der Waals surface area contributed by atoms with Crippen molar-refractivity contribution in [2.24, 2.45) is 0 Å². The van der Waals surface area contributed by atoms with E-state index in [0.717, 1.165) is 35.5 Å². The minimum absolute atomic E-state index is 0.279. The second-order valence-corrected chi connectivity index (χ2v) is 6.79. The molecule has 28 heavy (non-hydrogen) atoms. The van der Waals surface area contributed by atoms with Crippen molar-refractivity contribution >= 4 is 0 Å². The summed E-state index contributed by atoms with van der Waals surface area (Å²) in [5.74, 6) is 0.551. The molecule has 3 aromatic carbocycles. The Balaban J connectivity index is 1.82. The molecule has 0 aliphatic carbocycles. The summed E-state index contributed by atoms with van der Waals surface area (Å²) in [4.78, 5) is 0. The molecule has 0 spiro atoms. The second kappa shape index (κ2) is 9.71. The van der Waals surface area contributed by atoms with Gasteiger partial charge in [-0.15, -0.1) is 0 Å². The zero-order valence-corrected chi connectivity index (χ0v) is 16.1. The molecule has 3 rings (SSSR count). The van der Waals surface area contributed by atoms with Crippen LogP contribution in [-0.4, -0.2) is 6.61 Å². The molecule has 0 radical (unpaired) electrons. The minimum Gasteiger partial charge on any atom is -0.494 e. The number of nitrogens with zero attached hydrogens (tertiary/aromatic N) is 1. The Labute approximate surface area is 166 Å². The smallest absolute Gasteiger partial charge is 0.131 e. The molecule has 0 heterocycles. The molecule has 0 saturated carbocycles. The van der Waals surface area contributed by atoms with Gasteiger partial charge in [-0.05, 0) is 53.4 Å². The molecular formula is C25H24FNO. The average Bonchev–Trinajstić information content (AvgIpc) is 2.74. The van der Waals surface area contributed by atoms with Crippen molar-refractivity contribution in [1.82, 2.24) is 0 Å². The highest BCUT2D eigenvalue weighted by molar-refractivity contribution is 5.84. The summed E-state index contributed by atoms with van der Waals surface area (Å²) < 4.78 is 20.5. The first-order chi connectivity index (χ1) is 13.7. The van der Waals surface area contributed by atoms with Crippen LogP contribution in [0.5, 0.6) is 5.75 Å². The van der Waals surface area contributed by atoms with Gasteiger partial charge in [0.1, 0.15) is 11.6 Å². The quantitative estimate of drug-likeness (QED) is 0.399. The van der Waals surface area contributed by atoms with Gasteiger partial charge in [0, 0.05) is 5.56 Å². The molecule has 0 amide bonds. The zero-order valence-electron chi connectivity index (χ0n) is 16.1. The fourth-order valence-corrected chi connectivity index (χ4v) is 3.22. The third-order valence-electron chi connectivity index (χ3n) is 4.75. The van der Waals surface area contributed by atoms with E-state index in [1.165, 1.54) is 25.3 Å². The number of ether oxygens (including phenoxy) is 1. The Morgan fingerprint density at radius 2 is 1.57 bits per heavy atom. The monoisotopic (exact) mass is 373 g/mol. The maximum Gasteiger partial charge on any atom is 0.131 e. The van der Waals surface area contributed by atoms with Crippen LogP contribution in [0.2, 0.25) is 0 Å². The van der Waals surface area contributed by atoms with E-state index in [1.807, 2.05) is 30.3 Å². The molecule has 0 aliphatic heterocycles. The summed E-state index contributed by atoms with van der Waals surface area (Å²) in [5, 5.41) is 8.98. The summed E-state index contributed by atoms with van der Waals surface area (Å²) >= 11 is 0. The first kappa shape index (κ1) is 19.6. The highest BCUT2D eigenvalue weighted by atomic mass is 19.1. The molecule has 0 N–H and O–H groups in total. The number of nitriles is 1. The first-order valence-electron chi connectivity index (χ1n) is 9.75. The fourth-order valence-electron chi connectivity index (χ4n) is 3.22. The predicted octanol–water partition coefficient (Wildman–Crippen LogP) is 6.99. The second-order valence-electron chi connectivity index (χ2n) is 6.79. The van der Waals surface area contributed by atoms with Gasteiger partial charge >= 0.3 is 0 Å².